The highest BCUT2D eigenvalue weighted by Gasteiger charge is 2.55. The third-order valence-corrected chi connectivity index (χ3v) is 8.78. The molecule has 21 heteroatoms. The van der Waals surface area contributed by atoms with Gasteiger partial charge in [0.25, 0.3) is 0 Å². The lowest BCUT2D eigenvalue weighted by molar-refractivity contribution is -0.378. The van der Waals surface area contributed by atoms with Gasteiger partial charge < -0.3 is 99.2 Å². The van der Waals surface area contributed by atoms with Gasteiger partial charge in [-0.15, -0.1) is 0 Å². The Morgan fingerprint density at radius 3 is 1.64 bits per heavy atom. The number of hydrogen-bond donors (Lipinski definition) is 12. The van der Waals surface area contributed by atoms with Crippen molar-refractivity contribution in [3.05, 3.63) is 0 Å². The van der Waals surface area contributed by atoms with E-state index in [0.29, 0.717) is 0 Å². The molecule has 0 amide bonds. The third kappa shape index (κ3) is 7.30. The summed E-state index contributed by atoms with van der Waals surface area (Å²) >= 11 is 0. The van der Waals surface area contributed by atoms with Crippen LogP contribution in [0.4, 0.5) is 0 Å². The molecule has 47 heavy (non-hydrogen) atoms. The maximum atomic E-state index is 11.3. The molecule has 0 saturated carbocycles. The van der Waals surface area contributed by atoms with Crippen LogP contribution in [0.2, 0.25) is 0 Å². The number of aliphatic hydroxyl groups excluding tert-OH is 12. The summed E-state index contributed by atoms with van der Waals surface area (Å²) < 4.78 is 44.6. The van der Waals surface area contributed by atoms with E-state index in [1.54, 1.807) is 0 Å². The van der Waals surface area contributed by atoms with E-state index in [2.05, 4.69) is 4.99 Å². The molecule has 5 rings (SSSR count). The van der Waals surface area contributed by atoms with Crippen LogP contribution in [0.5, 0.6) is 0 Å². The molecule has 0 aliphatic carbocycles. The molecule has 0 bridgehead atoms. The molecule has 0 aromatic rings. The number of aliphatic hydroxyl groups is 12. The minimum Gasteiger partial charge on any atom is -0.450 e. The summed E-state index contributed by atoms with van der Waals surface area (Å²) in [5, 5.41) is 124. The maximum Gasteiger partial charge on any atom is 0.227 e. The van der Waals surface area contributed by atoms with Crippen LogP contribution in [-0.2, 0) is 37.9 Å². The zero-order valence-electron chi connectivity index (χ0n) is 25.0. The van der Waals surface area contributed by atoms with Crippen LogP contribution in [0.15, 0.2) is 4.99 Å². The number of aliphatic imine (C=N–C) groups is 1. The number of rotatable bonds is 10. The SMILES string of the molecule is CC1=N[C@H]2[C@@H](O1)O[C@H](CO)[C@@H](O[C@@H]1O[C@H](CO[C@H]3O[C@H](CO)[C@@H](O)[C@H](O)[C@@H]3O)[C@@H](O)[C@H](O[C@H]3O[C@H](CO)[C@@H](O)[C@H](O)[C@@H]3O)[C@H]1O)[C@@H]2O. The summed E-state index contributed by atoms with van der Waals surface area (Å²) in [5.41, 5.74) is 0. The van der Waals surface area contributed by atoms with Crippen molar-refractivity contribution >= 4 is 5.90 Å². The van der Waals surface area contributed by atoms with Crippen molar-refractivity contribution in [1.29, 1.82) is 0 Å². The fraction of sp³-hybridized carbons (Fsp3) is 0.962. The Hall–Kier alpha value is -1.29. The molecule has 0 aromatic heterocycles. The monoisotopic (exact) mass is 689 g/mol. The van der Waals surface area contributed by atoms with Crippen LogP contribution >= 0.6 is 0 Å². The summed E-state index contributed by atoms with van der Waals surface area (Å²) in [7, 11) is 0. The number of fused-ring (bicyclic) bond motifs is 1. The molecule has 21 nitrogen and oxygen atoms in total. The first-order valence-corrected chi connectivity index (χ1v) is 15.0. The van der Waals surface area contributed by atoms with E-state index in [-0.39, 0.29) is 5.90 Å². The van der Waals surface area contributed by atoms with E-state index in [0.717, 1.165) is 0 Å². The molecule has 0 radical (unpaired) electrons. The smallest absolute Gasteiger partial charge is 0.227 e. The van der Waals surface area contributed by atoms with Gasteiger partial charge >= 0.3 is 0 Å². The Morgan fingerprint density at radius 1 is 0.532 bits per heavy atom. The molecule has 4 saturated heterocycles. The fourth-order valence-electron chi connectivity index (χ4n) is 6.06. The Balaban J connectivity index is 1.37. The highest BCUT2D eigenvalue weighted by atomic mass is 16.8. The standard InChI is InChI=1S/C26H43NO20/c1-6-27-11-15(34)21(9(4-30)44-23(11)41-6)46-26-20(39)22(47-25-19(38)17(36)13(32)8(3-29)43-25)14(33)10(45-26)5-40-24-18(37)16(35)12(31)7(2-28)42-24/h7-26,28-39H,2-5H2,1H3/t7-,8-,9-,10-,11-,12-,13-,14-,15-,16+,17+,18+,19+,20-,21-,22+,23+,24+,25-,26+/m1/s1. The maximum absolute atomic E-state index is 11.3. The van der Waals surface area contributed by atoms with Gasteiger partial charge in [0, 0.05) is 6.92 Å². The first-order chi connectivity index (χ1) is 22.3. The molecule has 5 aliphatic heterocycles. The van der Waals surface area contributed by atoms with Crippen LogP contribution < -0.4 is 0 Å². The summed E-state index contributed by atoms with van der Waals surface area (Å²) in [6.07, 6.45) is -31.3. The Morgan fingerprint density at radius 2 is 1.04 bits per heavy atom. The van der Waals surface area contributed by atoms with E-state index in [4.69, 9.17) is 37.9 Å². The minimum absolute atomic E-state index is 0.201. The van der Waals surface area contributed by atoms with E-state index >= 15 is 0 Å². The molecule has 5 heterocycles. The van der Waals surface area contributed by atoms with E-state index in [9.17, 15) is 61.3 Å². The third-order valence-electron chi connectivity index (χ3n) is 8.78. The van der Waals surface area contributed by atoms with Gasteiger partial charge in [-0.25, -0.2) is 4.99 Å². The highest BCUT2D eigenvalue weighted by Crippen LogP contribution is 2.35. The molecule has 0 unspecified atom stereocenters. The Labute approximate surface area is 266 Å². The van der Waals surface area contributed by atoms with Crippen LogP contribution in [0.1, 0.15) is 6.92 Å². The first-order valence-electron chi connectivity index (χ1n) is 15.0. The topological polar surface area (TPSA) is 329 Å². The average Bonchev–Trinajstić information content (AvgIpc) is 3.44. The molecule has 0 aromatic carbocycles. The second-order valence-corrected chi connectivity index (χ2v) is 11.9. The van der Waals surface area contributed by atoms with E-state index in [1.807, 2.05) is 0 Å². The first kappa shape index (κ1) is 37.0. The van der Waals surface area contributed by atoms with Crippen LogP contribution in [0.25, 0.3) is 0 Å². The molecule has 5 aliphatic rings. The van der Waals surface area contributed by atoms with Gasteiger partial charge in [-0.05, 0) is 0 Å². The van der Waals surface area contributed by atoms with E-state index < -0.39 is 149 Å². The van der Waals surface area contributed by atoms with Gasteiger partial charge in [0.2, 0.25) is 6.29 Å². The predicted octanol–water partition coefficient (Wildman–Crippen LogP) is -8.28. The summed E-state index contributed by atoms with van der Waals surface area (Å²) in [4.78, 5) is 4.16. The van der Waals surface area contributed by atoms with Gasteiger partial charge in [-0.1, -0.05) is 0 Å². The van der Waals surface area contributed by atoms with Crippen LogP contribution in [0, 0.1) is 0 Å². The molecule has 0 spiro atoms. The van der Waals surface area contributed by atoms with Gasteiger partial charge in [0.1, 0.15) is 97.6 Å². The normalized spacial score (nSPS) is 52.1. The van der Waals surface area contributed by atoms with Crippen molar-refractivity contribution in [2.24, 2.45) is 4.99 Å². The van der Waals surface area contributed by atoms with Gasteiger partial charge in [-0.2, -0.15) is 0 Å². The summed E-state index contributed by atoms with van der Waals surface area (Å²) in [5.74, 6) is 0.201. The Kier molecular flexibility index (Phi) is 12.0. The minimum atomic E-state index is -1.96. The lowest BCUT2D eigenvalue weighted by Gasteiger charge is -2.48. The lowest BCUT2D eigenvalue weighted by Crippen LogP contribution is -2.66. The van der Waals surface area contributed by atoms with Crippen molar-refractivity contribution in [3.63, 3.8) is 0 Å². The molecule has 4 fully saturated rings. The second kappa shape index (κ2) is 15.3. The second-order valence-electron chi connectivity index (χ2n) is 11.9. The number of hydrogen-bond acceptors (Lipinski definition) is 21. The zero-order chi connectivity index (χ0) is 34.3. The highest BCUT2D eigenvalue weighted by molar-refractivity contribution is 5.75. The van der Waals surface area contributed by atoms with Gasteiger partial charge in [0.15, 0.2) is 24.8 Å². The predicted molar refractivity (Wildman–Crippen MR) is 144 cm³/mol. The van der Waals surface area contributed by atoms with Gasteiger partial charge in [0.05, 0.1) is 26.4 Å². The van der Waals surface area contributed by atoms with Crippen LogP contribution in [0.3, 0.4) is 0 Å². The van der Waals surface area contributed by atoms with Crippen molar-refractivity contribution in [2.45, 2.75) is 130 Å². The van der Waals surface area contributed by atoms with Crippen molar-refractivity contribution in [1.82, 2.24) is 0 Å². The average molecular weight is 690 g/mol. The van der Waals surface area contributed by atoms with Crippen molar-refractivity contribution in [3.8, 4) is 0 Å². The molecular weight excluding hydrogens is 646 g/mol. The molecule has 12 N–H and O–H groups in total. The fourth-order valence-corrected chi connectivity index (χ4v) is 6.06. The lowest BCUT2D eigenvalue weighted by atomic mass is 9.95. The number of nitrogens with zero attached hydrogens (tertiary/aromatic N) is 1. The van der Waals surface area contributed by atoms with Crippen molar-refractivity contribution < 1.29 is 99.2 Å². The zero-order valence-corrected chi connectivity index (χ0v) is 25.0. The number of ether oxygens (including phenoxy) is 8. The van der Waals surface area contributed by atoms with Crippen LogP contribution in [-0.4, -0.2) is 216 Å². The molecule has 20 atom stereocenters. The quantitative estimate of drug-likeness (QED) is 0.101. The summed E-state index contributed by atoms with van der Waals surface area (Å²) in [6.45, 7) is -1.41. The Bertz CT molecular complexity index is 1050. The summed E-state index contributed by atoms with van der Waals surface area (Å²) in [6, 6.07) is -0.986. The van der Waals surface area contributed by atoms with Crippen molar-refractivity contribution in [2.75, 3.05) is 26.4 Å². The van der Waals surface area contributed by atoms with E-state index in [1.165, 1.54) is 6.92 Å². The van der Waals surface area contributed by atoms with Gasteiger partial charge in [-0.3, -0.25) is 0 Å². The largest absolute Gasteiger partial charge is 0.450 e. The molecular formula is C26H43NO20. The molecule has 272 valence electrons.